The van der Waals surface area contributed by atoms with Gasteiger partial charge in [-0.15, -0.1) is 0 Å². The molecule has 1 aliphatic rings. The van der Waals surface area contributed by atoms with Crippen LogP contribution in [0.1, 0.15) is 23.2 Å². The first-order chi connectivity index (χ1) is 10.0. The van der Waals surface area contributed by atoms with Gasteiger partial charge in [0.1, 0.15) is 6.29 Å². The summed E-state index contributed by atoms with van der Waals surface area (Å²) in [6, 6.07) is 4.36. The average Bonchev–Trinajstić information content (AvgIpc) is 2.93. The second kappa shape index (κ2) is 6.58. The molecule has 1 atom stereocenters. The van der Waals surface area contributed by atoms with Crippen LogP contribution in [0.3, 0.4) is 0 Å². The number of hydrogen-bond acceptors (Lipinski definition) is 4. The van der Waals surface area contributed by atoms with Crippen molar-refractivity contribution in [3.63, 3.8) is 0 Å². The molecule has 0 spiro atoms. The van der Waals surface area contributed by atoms with Crippen molar-refractivity contribution in [2.24, 2.45) is 0 Å². The predicted octanol–water partition coefficient (Wildman–Crippen LogP) is 0.842. The number of nitrogens with zero attached hydrogens (tertiary/aromatic N) is 1. The molecule has 0 aliphatic carbocycles. The van der Waals surface area contributed by atoms with Gasteiger partial charge in [0.05, 0.1) is 23.2 Å². The fourth-order valence-electron chi connectivity index (χ4n) is 2.37. The Morgan fingerprint density at radius 3 is 2.90 bits per heavy atom. The van der Waals surface area contributed by atoms with Crippen molar-refractivity contribution >= 4 is 35.4 Å². The molecule has 2 rings (SSSR count). The van der Waals surface area contributed by atoms with E-state index in [1.54, 1.807) is 18.2 Å². The van der Waals surface area contributed by atoms with Gasteiger partial charge in [-0.1, -0.05) is 17.7 Å². The summed E-state index contributed by atoms with van der Waals surface area (Å²) in [7, 11) is 0. The maximum atomic E-state index is 12.0. The van der Waals surface area contributed by atoms with Crippen LogP contribution in [-0.4, -0.2) is 42.1 Å². The SMILES string of the molecule is Nc1cccc(Cl)c1C(=O)NCC(=O)N1CCC[C@H]1C=O. The molecule has 1 aromatic carbocycles. The molecule has 7 heteroatoms. The second-order valence-corrected chi connectivity index (χ2v) is 5.23. The van der Waals surface area contributed by atoms with E-state index in [0.717, 1.165) is 12.7 Å². The van der Waals surface area contributed by atoms with Gasteiger partial charge in [-0.25, -0.2) is 0 Å². The first-order valence-electron chi connectivity index (χ1n) is 6.61. The van der Waals surface area contributed by atoms with Crippen LogP contribution in [-0.2, 0) is 9.59 Å². The number of rotatable bonds is 4. The third-order valence-electron chi connectivity index (χ3n) is 3.45. The van der Waals surface area contributed by atoms with E-state index < -0.39 is 5.91 Å². The van der Waals surface area contributed by atoms with Gasteiger partial charge >= 0.3 is 0 Å². The van der Waals surface area contributed by atoms with Gasteiger partial charge in [-0.3, -0.25) is 9.59 Å². The van der Waals surface area contributed by atoms with Crippen LogP contribution in [0.5, 0.6) is 0 Å². The minimum Gasteiger partial charge on any atom is -0.398 e. The normalized spacial score (nSPS) is 17.6. The standard InChI is InChI=1S/C14H16ClN3O3/c15-10-4-1-5-11(16)13(10)14(21)17-7-12(20)18-6-2-3-9(18)8-19/h1,4-5,8-9H,2-3,6-7,16H2,(H,17,21)/t9-/m0/s1. The van der Waals surface area contributed by atoms with Gasteiger partial charge in [0, 0.05) is 12.2 Å². The van der Waals surface area contributed by atoms with Gasteiger partial charge in [-0.2, -0.15) is 0 Å². The first-order valence-corrected chi connectivity index (χ1v) is 6.99. The molecule has 0 bridgehead atoms. The average molecular weight is 310 g/mol. The Balaban J connectivity index is 1.98. The van der Waals surface area contributed by atoms with Gasteiger partial charge in [-0.05, 0) is 25.0 Å². The zero-order valence-corrected chi connectivity index (χ0v) is 12.1. The van der Waals surface area contributed by atoms with Crippen LogP contribution in [0.15, 0.2) is 18.2 Å². The van der Waals surface area contributed by atoms with Crippen molar-refractivity contribution in [1.82, 2.24) is 10.2 Å². The highest BCUT2D eigenvalue weighted by Crippen LogP contribution is 2.21. The molecule has 1 fully saturated rings. The molecule has 112 valence electrons. The molecule has 1 heterocycles. The number of anilines is 1. The summed E-state index contributed by atoms with van der Waals surface area (Å²) < 4.78 is 0. The van der Waals surface area contributed by atoms with Crippen molar-refractivity contribution < 1.29 is 14.4 Å². The second-order valence-electron chi connectivity index (χ2n) is 4.82. The minimum absolute atomic E-state index is 0.153. The van der Waals surface area contributed by atoms with E-state index in [9.17, 15) is 14.4 Å². The number of carbonyl (C=O) groups is 3. The highest BCUT2D eigenvalue weighted by atomic mass is 35.5. The zero-order chi connectivity index (χ0) is 15.4. The zero-order valence-electron chi connectivity index (χ0n) is 11.3. The number of amides is 2. The fraction of sp³-hybridized carbons (Fsp3) is 0.357. The van der Waals surface area contributed by atoms with Crippen molar-refractivity contribution in [2.45, 2.75) is 18.9 Å². The molecule has 1 saturated heterocycles. The number of nitrogen functional groups attached to an aromatic ring is 1. The molecular formula is C14H16ClN3O3. The largest absolute Gasteiger partial charge is 0.398 e. The lowest BCUT2D eigenvalue weighted by atomic mass is 10.1. The topological polar surface area (TPSA) is 92.5 Å². The smallest absolute Gasteiger partial charge is 0.255 e. The van der Waals surface area contributed by atoms with Gasteiger partial charge in [0.15, 0.2) is 0 Å². The molecule has 0 radical (unpaired) electrons. The summed E-state index contributed by atoms with van der Waals surface area (Å²) >= 11 is 5.93. The first kappa shape index (κ1) is 15.3. The van der Waals surface area contributed by atoms with E-state index >= 15 is 0 Å². The highest BCUT2D eigenvalue weighted by molar-refractivity contribution is 6.34. The lowest BCUT2D eigenvalue weighted by Crippen LogP contribution is -2.43. The van der Waals surface area contributed by atoms with Crippen LogP contribution in [0.2, 0.25) is 5.02 Å². The lowest BCUT2D eigenvalue weighted by Gasteiger charge is -2.20. The van der Waals surface area contributed by atoms with Gasteiger partial charge in [0.25, 0.3) is 5.91 Å². The fourth-order valence-corrected chi connectivity index (χ4v) is 2.64. The predicted molar refractivity (Wildman–Crippen MR) is 79.0 cm³/mol. The van der Waals surface area contributed by atoms with Crippen molar-refractivity contribution in [2.75, 3.05) is 18.8 Å². The third kappa shape index (κ3) is 3.33. The molecule has 1 aliphatic heterocycles. The van der Waals surface area contributed by atoms with E-state index in [-0.39, 0.29) is 34.8 Å². The summed E-state index contributed by atoms with van der Waals surface area (Å²) in [5.74, 6) is -0.795. The Labute approximate surface area is 127 Å². The van der Waals surface area contributed by atoms with E-state index in [2.05, 4.69) is 5.32 Å². The molecule has 21 heavy (non-hydrogen) atoms. The number of hydrogen-bond donors (Lipinski definition) is 2. The quantitative estimate of drug-likeness (QED) is 0.637. The number of likely N-dealkylation sites (tertiary alicyclic amines) is 1. The molecule has 1 aromatic rings. The van der Waals surface area contributed by atoms with Crippen molar-refractivity contribution in [3.05, 3.63) is 28.8 Å². The molecule has 0 saturated carbocycles. The Bertz CT molecular complexity index is 556. The molecule has 2 amide bonds. The number of nitrogens with two attached hydrogens (primary N) is 1. The molecule has 0 unspecified atom stereocenters. The third-order valence-corrected chi connectivity index (χ3v) is 3.76. The van der Waals surface area contributed by atoms with Crippen LogP contribution in [0.25, 0.3) is 0 Å². The van der Waals surface area contributed by atoms with Crippen LogP contribution in [0.4, 0.5) is 5.69 Å². The van der Waals surface area contributed by atoms with E-state index in [1.807, 2.05) is 0 Å². The maximum absolute atomic E-state index is 12.0. The van der Waals surface area contributed by atoms with Gasteiger partial charge < -0.3 is 20.7 Å². The Kier molecular flexibility index (Phi) is 4.80. The monoisotopic (exact) mass is 309 g/mol. The maximum Gasteiger partial charge on any atom is 0.255 e. The van der Waals surface area contributed by atoms with Crippen LogP contribution >= 0.6 is 11.6 Å². The van der Waals surface area contributed by atoms with E-state index in [0.29, 0.717) is 13.0 Å². The van der Waals surface area contributed by atoms with Crippen molar-refractivity contribution in [1.29, 1.82) is 0 Å². The van der Waals surface area contributed by atoms with Gasteiger partial charge in [0.2, 0.25) is 5.91 Å². The molecule has 3 N–H and O–H groups in total. The summed E-state index contributed by atoms with van der Waals surface area (Å²) in [4.78, 5) is 36.4. The van der Waals surface area contributed by atoms with Crippen LogP contribution in [0, 0.1) is 0 Å². The summed E-state index contributed by atoms with van der Waals surface area (Å²) in [6.07, 6.45) is 2.22. The Hall–Kier alpha value is -2.08. The number of nitrogens with one attached hydrogen (secondary N) is 1. The summed E-state index contributed by atoms with van der Waals surface area (Å²) in [5, 5.41) is 2.72. The highest BCUT2D eigenvalue weighted by Gasteiger charge is 2.28. The van der Waals surface area contributed by atoms with E-state index in [4.69, 9.17) is 17.3 Å². The summed E-state index contributed by atoms with van der Waals surface area (Å²) in [5.41, 5.74) is 6.11. The lowest BCUT2D eigenvalue weighted by molar-refractivity contribution is -0.133. The van der Waals surface area contributed by atoms with Crippen molar-refractivity contribution in [3.8, 4) is 0 Å². The molecule has 0 aromatic heterocycles. The van der Waals surface area contributed by atoms with Crippen LogP contribution < -0.4 is 11.1 Å². The molecular weight excluding hydrogens is 294 g/mol. The Morgan fingerprint density at radius 1 is 1.48 bits per heavy atom. The number of aldehydes is 1. The number of benzene rings is 1. The minimum atomic E-state index is -0.506. The summed E-state index contributed by atoms with van der Waals surface area (Å²) in [6.45, 7) is 0.347. The number of carbonyl (C=O) groups excluding carboxylic acids is 3. The van der Waals surface area contributed by atoms with E-state index in [1.165, 1.54) is 4.90 Å². The Morgan fingerprint density at radius 2 is 2.24 bits per heavy atom. The molecule has 6 nitrogen and oxygen atoms in total. The number of halogens is 1.